The zero-order chi connectivity index (χ0) is 18.7. The van der Waals surface area contributed by atoms with E-state index in [0.29, 0.717) is 17.2 Å². The van der Waals surface area contributed by atoms with E-state index in [1.165, 1.54) is 0 Å². The molecule has 3 aliphatic rings. The van der Waals surface area contributed by atoms with Crippen molar-refractivity contribution >= 4 is 21.6 Å². The van der Waals surface area contributed by atoms with E-state index in [0.717, 1.165) is 55.5 Å². The van der Waals surface area contributed by atoms with E-state index in [-0.39, 0.29) is 17.4 Å². The molecule has 1 aliphatic carbocycles. The van der Waals surface area contributed by atoms with E-state index < -0.39 is 10.0 Å². The van der Waals surface area contributed by atoms with Gasteiger partial charge in [-0.15, -0.1) is 0 Å². The van der Waals surface area contributed by atoms with E-state index in [2.05, 4.69) is 25.5 Å². The highest BCUT2D eigenvalue weighted by molar-refractivity contribution is 7.89. The fourth-order valence-corrected chi connectivity index (χ4v) is 6.67. The van der Waals surface area contributed by atoms with Crippen LogP contribution in [0.15, 0.2) is 17.0 Å². The predicted octanol–water partition coefficient (Wildman–Crippen LogP) is 3.02. The van der Waals surface area contributed by atoms with Crippen LogP contribution >= 0.6 is 0 Å². The Morgan fingerprint density at radius 1 is 1.19 bits per heavy atom. The molecule has 2 atom stereocenters. The summed E-state index contributed by atoms with van der Waals surface area (Å²) in [5.41, 5.74) is 2.98. The van der Waals surface area contributed by atoms with Crippen molar-refractivity contribution in [2.45, 2.75) is 70.2 Å². The van der Waals surface area contributed by atoms with Crippen LogP contribution < -0.4 is 9.62 Å². The summed E-state index contributed by atoms with van der Waals surface area (Å²) in [7, 11) is -3.58. The highest BCUT2D eigenvalue weighted by Gasteiger charge is 2.36. The van der Waals surface area contributed by atoms with E-state index in [9.17, 15) is 13.2 Å². The van der Waals surface area contributed by atoms with Crippen molar-refractivity contribution in [1.29, 1.82) is 0 Å². The Labute approximate surface area is 156 Å². The third kappa shape index (κ3) is 3.18. The van der Waals surface area contributed by atoms with E-state index >= 15 is 0 Å². The standard InChI is InChI=1S/C20H28N2O3S/c1-13-7-16(12-20(2,3)11-13)21-26(24,25)17-8-14-5-4-6-22-18(23)10-15(9-17)19(14)22/h8-9,13,16,21H,4-7,10-12H2,1-3H3/t13-,16-/m1/s1. The smallest absolute Gasteiger partial charge is 0.240 e. The summed E-state index contributed by atoms with van der Waals surface area (Å²) in [6, 6.07) is 3.46. The van der Waals surface area contributed by atoms with E-state index in [1.54, 1.807) is 12.1 Å². The lowest BCUT2D eigenvalue weighted by atomic mass is 9.71. The number of carbonyl (C=O) groups excluding carboxylic acids is 1. The van der Waals surface area contributed by atoms with Crippen molar-refractivity contribution in [3.05, 3.63) is 23.3 Å². The van der Waals surface area contributed by atoms with Crippen LogP contribution in [-0.2, 0) is 27.7 Å². The van der Waals surface area contributed by atoms with Gasteiger partial charge >= 0.3 is 0 Å². The number of benzene rings is 1. The third-order valence-corrected chi connectivity index (χ3v) is 7.50. The summed E-state index contributed by atoms with van der Waals surface area (Å²) < 4.78 is 29.1. The van der Waals surface area contributed by atoms with Crippen LogP contribution in [0.25, 0.3) is 0 Å². The second-order valence-electron chi connectivity index (χ2n) is 9.15. The predicted molar refractivity (Wildman–Crippen MR) is 102 cm³/mol. The van der Waals surface area contributed by atoms with Crippen LogP contribution in [0.1, 0.15) is 57.6 Å². The number of amides is 1. The maximum atomic E-state index is 13.1. The summed E-state index contributed by atoms with van der Waals surface area (Å²) >= 11 is 0. The van der Waals surface area contributed by atoms with Gasteiger partial charge in [0.15, 0.2) is 0 Å². The number of nitrogens with zero attached hydrogens (tertiary/aromatic N) is 1. The van der Waals surface area contributed by atoms with Crippen LogP contribution in [0.2, 0.25) is 0 Å². The van der Waals surface area contributed by atoms with Gasteiger partial charge in [-0.3, -0.25) is 4.79 Å². The first kappa shape index (κ1) is 18.0. The van der Waals surface area contributed by atoms with Gasteiger partial charge in [0.25, 0.3) is 0 Å². The van der Waals surface area contributed by atoms with Gasteiger partial charge in [-0.25, -0.2) is 13.1 Å². The van der Waals surface area contributed by atoms with Crippen LogP contribution in [0.5, 0.6) is 0 Å². The summed E-state index contributed by atoms with van der Waals surface area (Å²) in [5.74, 6) is 0.602. The van der Waals surface area contributed by atoms with Crippen LogP contribution in [0.4, 0.5) is 5.69 Å². The molecule has 2 aliphatic heterocycles. The van der Waals surface area contributed by atoms with Gasteiger partial charge < -0.3 is 4.90 Å². The fourth-order valence-electron chi connectivity index (χ4n) is 5.33. The molecule has 26 heavy (non-hydrogen) atoms. The number of rotatable bonds is 3. The Bertz CT molecular complexity index is 860. The minimum atomic E-state index is -3.58. The van der Waals surface area contributed by atoms with Crippen LogP contribution in [-0.4, -0.2) is 26.9 Å². The highest BCUT2D eigenvalue weighted by atomic mass is 32.2. The summed E-state index contributed by atoms with van der Waals surface area (Å²) in [5, 5.41) is 0. The van der Waals surface area contributed by atoms with Crippen molar-refractivity contribution < 1.29 is 13.2 Å². The number of carbonyl (C=O) groups is 1. The van der Waals surface area contributed by atoms with Crippen molar-refractivity contribution in [3.63, 3.8) is 0 Å². The number of anilines is 1. The Morgan fingerprint density at radius 2 is 1.92 bits per heavy atom. The molecule has 0 radical (unpaired) electrons. The largest absolute Gasteiger partial charge is 0.312 e. The average Bonchev–Trinajstić information content (AvgIpc) is 2.82. The van der Waals surface area contributed by atoms with Crippen molar-refractivity contribution in [3.8, 4) is 0 Å². The molecule has 1 amide bonds. The van der Waals surface area contributed by atoms with Gasteiger partial charge in [0, 0.05) is 12.6 Å². The topological polar surface area (TPSA) is 66.5 Å². The molecule has 1 fully saturated rings. The molecule has 1 saturated carbocycles. The molecule has 0 spiro atoms. The summed E-state index contributed by atoms with van der Waals surface area (Å²) in [6.45, 7) is 7.37. The molecule has 0 bridgehead atoms. The third-order valence-electron chi connectivity index (χ3n) is 6.00. The van der Waals surface area contributed by atoms with Crippen LogP contribution in [0, 0.1) is 11.3 Å². The van der Waals surface area contributed by atoms with Crippen molar-refractivity contribution in [2.75, 3.05) is 11.4 Å². The maximum Gasteiger partial charge on any atom is 0.240 e. The second-order valence-corrected chi connectivity index (χ2v) is 10.9. The number of sulfonamides is 1. The Kier molecular flexibility index (Phi) is 4.19. The minimum absolute atomic E-state index is 0.0264. The Hall–Kier alpha value is -1.40. The van der Waals surface area contributed by atoms with E-state index in [4.69, 9.17) is 0 Å². The SMILES string of the molecule is C[C@@H]1C[C@@H](NS(=O)(=O)c2cc3c4c(c2)CC(=O)N4CCC3)CC(C)(C)C1. The first-order chi connectivity index (χ1) is 12.1. The van der Waals surface area contributed by atoms with Crippen molar-refractivity contribution in [2.24, 2.45) is 11.3 Å². The van der Waals surface area contributed by atoms with Gasteiger partial charge in [-0.1, -0.05) is 20.8 Å². The molecule has 4 rings (SSSR count). The molecule has 2 heterocycles. The monoisotopic (exact) mass is 376 g/mol. The highest BCUT2D eigenvalue weighted by Crippen LogP contribution is 2.40. The van der Waals surface area contributed by atoms with Crippen LogP contribution in [0.3, 0.4) is 0 Å². The Morgan fingerprint density at radius 3 is 2.65 bits per heavy atom. The summed E-state index contributed by atoms with van der Waals surface area (Å²) in [6.07, 6.45) is 4.92. The molecular formula is C20H28N2O3S. The number of hydrogen-bond donors (Lipinski definition) is 1. The first-order valence-corrected chi connectivity index (χ1v) is 11.1. The van der Waals surface area contributed by atoms with E-state index in [1.807, 2.05) is 4.90 Å². The number of nitrogens with one attached hydrogen (secondary N) is 1. The fraction of sp³-hybridized carbons (Fsp3) is 0.650. The summed E-state index contributed by atoms with van der Waals surface area (Å²) in [4.78, 5) is 14.3. The maximum absolute atomic E-state index is 13.1. The van der Waals surface area contributed by atoms with Gasteiger partial charge in [0.2, 0.25) is 15.9 Å². The second kappa shape index (κ2) is 6.06. The molecule has 142 valence electrons. The molecule has 0 aromatic heterocycles. The molecule has 0 saturated heterocycles. The lowest BCUT2D eigenvalue weighted by Gasteiger charge is -2.39. The lowest BCUT2D eigenvalue weighted by Crippen LogP contribution is -2.42. The average molecular weight is 377 g/mol. The molecule has 1 aromatic carbocycles. The zero-order valence-electron chi connectivity index (χ0n) is 15.8. The normalized spacial score (nSPS) is 27.5. The lowest BCUT2D eigenvalue weighted by molar-refractivity contribution is -0.117. The molecule has 1 N–H and O–H groups in total. The van der Waals surface area contributed by atoms with Gasteiger partial charge in [-0.2, -0.15) is 0 Å². The van der Waals surface area contributed by atoms with Gasteiger partial charge in [-0.05, 0) is 66.7 Å². The molecular weight excluding hydrogens is 348 g/mol. The number of hydrogen-bond acceptors (Lipinski definition) is 3. The molecule has 1 aromatic rings. The molecule has 6 heteroatoms. The quantitative estimate of drug-likeness (QED) is 0.882. The molecule has 0 unspecified atom stereocenters. The minimum Gasteiger partial charge on any atom is -0.312 e. The van der Waals surface area contributed by atoms with Gasteiger partial charge in [0.05, 0.1) is 17.0 Å². The van der Waals surface area contributed by atoms with Crippen molar-refractivity contribution in [1.82, 2.24) is 4.72 Å². The van der Waals surface area contributed by atoms with Gasteiger partial charge in [0.1, 0.15) is 0 Å². The zero-order valence-corrected chi connectivity index (χ0v) is 16.7. The number of aryl methyl sites for hydroxylation is 1. The molecule has 5 nitrogen and oxygen atoms in total. The Balaban J connectivity index is 1.63. The first-order valence-electron chi connectivity index (χ1n) is 9.63.